The molecular formula is C5H9ClF2N6. The van der Waals surface area contributed by atoms with Crippen molar-refractivity contribution in [2.45, 2.75) is 17.8 Å². The van der Waals surface area contributed by atoms with Gasteiger partial charge in [0, 0.05) is 6.42 Å². The molecule has 0 saturated carbocycles. The Kier molecular flexibility index (Phi) is 3.29. The summed E-state index contributed by atoms with van der Waals surface area (Å²) < 4.78 is 25.2. The highest BCUT2D eigenvalue weighted by atomic mass is 35.5. The lowest BCUT2D eigenvalue weighted by atomic mass is 10.2. The second-order valence-electron chi connectivity index (χ2n) is 2.66. The summed E-state index contributed by atoms with van der Waals surface area (Å²) in [5.41, 5.74) is 1.90. The molecule has 0 aromatic carbocycles. The van der Waals surface area contributed by atoms with Gasteiger partial charge in [-0.1, -0.05) is 0 Å². The van der Waals surface area contributed by atoms with Gasteiger partial charge in [-0.15, -0.1) is 10.2 Å². The first-order valence-electron chi connectivity index (χ1n) is 3.69. The highest BCUT2D eigenvalue weighted by Crippen LogP contribution is 2.24. The zero-order valence-corrected chi connectivity index (χ0v) is 8.04. The number of halogens is 3. The Hall–Kier alpha value is -0.860. The maximum Gasteiger partial charge on any atom is 0.338 e. The summed E-state index contributed by atoms with van der Waals surface area (Å²) >= 11 is 4.80. The van der Waals surface area contributed by atoms with Crippen LogP contribution in [0.5, 0.6) is 0 Å². The van der Waals surface area contributed by atoms with Crippen LogP contribution in [0.15, 0.2) is 0 Å². The number of aromatic nitrogens is 4. The third-order valence-corrected chi connectivity index (χ3v) is 1.80. The van der Waals surface area contributed by atoms with Crippen LogP contribution in [-0.4, -0.2) is 31.6 Å². The molecule has 6 nitrogen and oxygen atoms in total. The lowest BCUT2D eigenvalue weighted by molar-refractivity contribution is 0.0494. The number of alkyl halides is 3. The fourth-order valence-corrected chi connectivity index (χ4v) is 0.997. The molecule has 14 heavy (non-hydrogen) atoms. The van der Waals surface area contributed by atoms with Gasteiger partial charge in [-0.3, -0.25) is 5.84 Å². The third-order valence-electron chi connectivity index (χ3n) is 1.53. The van der Waals surface area contributed by atoms with Crippen LogP contribution >= 0.6 is 11.6 Å². The van der Waals surface area contributed by atoms with Crippen molar-refractivity contribution in [1.82, 2.24) is 25.6 Å². The van der Waals surface area contributed by atoms with Crippen molar-refractivity contribution < 1.29 is 8.78 Å². The van der Waals surface area contributed by atoms with Crippen LogP contribution < -0.4 is 11.3 Å². The fraction of sp³-hybridized carbons (Fsp3) is 0.800. The normalized spacial score (nSPS) is 14.4. The van der Waals surface area contributed by atoms with Gasteiger partial charge in [-0.25, -0.2) is 5.43 Å². The lowest BCUT2D eigenvalue weighted by Crippen LogP contribution is -2.47. The van der Waals surface area contributed by atoms with E-state index in [0.29, 0.717) is 0 Å². The number of nitrogens with one attached hydrogen (secondary N) is 1. The van der Waals surface area contributed by atoms with Gasteiger partial charge in [-0.05, 0) is 16.8 Å². The second-order valence-corrected chi connectivity index (χ2v) is 3.16. The Balaban J connectivity index is 2.66. The third kappa shape index (κ3) is 2.82. The standard InChI is InChI=1S/C5H9ClF2N6/c1-14-12-4(11-13-14)2-3(10-9)5(6,7)8/h3,10H,2,9H2,1H3. The Bertz CT molecular complexity index is 297. The average molecular weight is 227 g/mol. The molecule has 0 aliphatic carbocycles. The van der Waals surface area contributed by atoms with Gasteiger partial charge in [0.2, 0.25) is 0 Å². The summed E-state index contributed by atoms with van der Waals surface area (Å²) in [6, 6.07) is -1.42. The maximum atomic E-state index is 12.6. The number of hydrogen-bond acceptors (Lipinski definition) is 5. The highest BCUT2D eigenvalue weighted by molar-refractivity contribution is 6.22. The molecular weight excluding hydrogens is 218 g/mol. The first-order chi connectivity index (χ1) is 6.43. The molecule has 0 aliphatic rings. The zero-order chi connectivity index (χ0) is 10.8. The predicted octanol–water partition coefficient (Wildman–Crippen LogP) is -0.584. The van der Waals surface area contributed by atoms with Crippen molar-refractivity contribution in [3.05, 3.63) is 5.82 Å². The Morgan fingerprint density at radius 2 is 2.36 bits per heavy atom. The molecule has 0 bridgehead atoms. The van der Waals surface area contributed by atoms with Gasteiger partial charge in [0.05, 0.1) is 7.05 Å². The van der Waals surface area contributed by atoms with Crippen molar-refractivity contribution in [1.29, 1.82) is 0 Å². The number of hydrazine groups is 1. The van der Waals surface area contributed by atoms with Crippen LogP contribution in [0.4, 0.5) is 8.78 Å². The molecule has 1 atom stereocenters. The minimum absolute atomic E-state index is 0.149. The number of aryl methyl sites for hydroxylation is 1. The molecule has 0 saturated heterocycles. The van der Waals surface area contributed by atoms with Crippen LogP contribution in [0.1, 0.15) is 5.82 Å². The SMILES string of the molecule is Cn1nnc(CC(NN)C(F)(F)Cl)n1. The first-order valence-corrected chi connectivity index (χ1v) is 4.07. The van der Waals surface area contributed by atoms with Gasteiger partial charge < -0.3 is 0 Å². The summed E-state index contributed by atoms with van der Waals surface area (Å²) in [6.45, 7) is 0. The Labute approximate surface area is 83.4 Å². The van der Waals surface area contributed by atoms with E-state index in [4.69, 9.17) is 17.4 Å². The van der Waals surface area contributed by atoms with E-state index < -0.39 is 11.4 Å². The maximum absolute atomic E-state index is 12.6. The van der Waals surface area contributed by atoms with Gasteiger partial charge in [-0.2, -0.15) is 13.6 Å². The quantitative estimate of drug-likeness (QED) is 0.408. The molecule has 0 aliphatic heterocycles. The summed E-state index contributed by atoms with van der Waals surface area (Å²) in [6.07, 6.45) is -0.194. The van der Waals surface area contributed by atoms with Crippen molar-refractivity contribution in [3.8, 4) is 0 Å². The van der Waals surface area contributed by atoms with Crippen LogP contribution in [0.25, 0.3) is 0 Å². The Morgan fingerprint density at radius 1 is 1.71 bits per heavy atom. The minimum atomic E-state index is -3.45. The zero-order valence-electron chi connectivity index (χ0n) is 7.28. The summed E-state index contributed by atoms with van der Waals surface area (Å²) in [7, 11) is 1.53. The predicted molar refractivity (Wildman–Crippen MR) is 44.4 cm³/mol. The smallest absolute Gasteiger partial charge is 0.271 e. The van der Waals surface area contributed by atoms with E-state index in [1.54, 1.807) is 0 Å². The summed E-state index contributed by atoms with van der Waals surface area (Å²) in [5, 5.41) is 7.28. The van der Waals surface area contributed by atoms with Crippen LogP contribution in [0.2, 0.25) is 0 Å². The van der Waals surface area contributed by atoms with E-state index in [2.05, 4.69) is 15.4 Å². The van der Waals surface area contributed by atoms with Crippen LogP contribution in [0, 0.1) is 0 Å². The number of nitrogens with two attached hydrogens (primary N) is 1. The number of hydrogen-bond donors (Lipinski definition) is 2. The average Bonchev–Trinajstić information content (AvgIpc) is 2.45. The van der Waals surface area contributed by atoms with Crippen LogP contribution in [0.3, 0.4) is 0 Å². The number of tetrazole rings is 1. The molecule has 1 aromatic rings. The summed E-state index contributed by atoms with van der Waals surface area (Å²) in [4.78, 5) is 1.16. The molecule has 1 rings (SSSR count). The molecule has 9 heteroatoms. The van der Waals surface area contributed by atoms with Crippen molar-refractivity contribution in [2.24, 2.45) is 12.9 Å². The molecule has 80 valence electrons. The van der Waals surface area contributed by atoms with E-state index in [1.165, 1.54) is 7.05 Å². The topological polar surface area (TPSA) is 81.7 Å². The largest absolute Gasteiger partial charge is 0.338 e. The number of rotatable bonds is 4. The van der Waals surface area contributed by atoms with Gasteiger partial charge in [0.25, 0.3) is 0 Å². The molecule has 0 radical (unpaired) electrons. The minimum Gasteiger partial charge on any atom is -0.271 e. The highest BCUT2D eigenvalue weighted by Gasteiger charge is 2.37. The van der Waals surface area contributed by atoms with Crippen LogP contribution in [-0.2, 0) is 13.5 Å². The Morgan fingerprint density at radius 3 is 2.71 bits per heavy atom. The molecule has 1 unspecified atom stereocenters. The van der Waals surface area contributed by atoms with E-state index in [-0.39, 0.29) is 12.2 Å². The van der Waals surface area contributed by atoms with E-state index >= 15 is 0 Å². The van der Waals surface area contributed by atoms with Gasteiger partial charge >= 0.3 is 5.38 Å². The van der Waals surface area contributed by atoms with E-state index in [9.17, 15) is 8.78 Å². The molecule has 0 fully saturated rings. The van der Waals surface area contributed by atoms with Crippen molar-refractivity contribution in [2.75, 3.05) is 0 Å². The monoisotopic (exact) mass is 226 g/mol. The molecule has 1 aromatic heterocycles. The van der Waals surface area contributed by atoms with E-state index in [0.717, 1.165) is 4.80 Å². The van der Waals surface area contributed by atoms with E-state index in [1.807, 2.05) is 5.43 Å². The molecule has 3 N–H and O–H groups in total. The summed E-state index contributed by atoms with van der Waals surface area (Å²) in [5.74, 6) is 5.07. The second kappa shape index (κ2) is 4.11. The van der Waals surface area contributed by atoms with Crippen molar-refractivity contribution >= 4 is 11.6 Å². The molecule has 1 heterocycles. The van der Waals surface area contributed by atoms with Crippen molar-refractivity contribution in [3.63, 3.8) is 0 Å². The van der Waals surface area contributed by atoms with Gasteiger partial charge in [0.1, 0.15) is 6.04 Å². The fourth-order valence-electron chi connectivity index (χ4n) is 0.857. The number of nitrogens with zero attached hydrogens (tertiary/aromatic N) is 4. The molecule has 0 amide bonds. The molecule has 0 spiro atoms. The lowest BCUT2D eigenvalue weighted by Gasteiger charge is -2.18. The first kappa shape index (κ1) is 11.2. The van der Waals surface area contributed by atoms with Gasteiger partial charge in [0.15, 0.2) is 5.82 Å².